The average Bonchev–Trinajstić information content (AvgIpc) is 2.01. The van der Waals surface area contributed by atoms with Gasteiger partial charge in [-0.1, -0.05) is 20.9 Å². The van der Waals surface area contributed by atoms with E-state index in [4.69, 9.17) is 0 Å². The molecule has 0 aliphatic rings. The number of carbonyl (C=O) groups is 1. The molecule has 72 valence electrons. The number of hydrogen-bond acceptors (Lipinski definition) is 3. The second-order valence-corrected chi connectivity index (χ2v) is 3.09. The van der Waals surface area contributed by atoms with Crippen LogP contribution in [0.3, 0.4) is 0 Å². The lowest BCUT2D eigenvalue weighted by molar-refractivity contribution is 0.211. The predicted molar refractivity (Wildman–Crippen MR) is 48.2 cm³/mol. The molecule has 1 aromatic rings. The zero-order valence-corrected chi connectivity index (χ0v) is 8.25. The lowest BCUT2D eigenvalue weighted by Crippen LogP contribution is -2.01. The van der Waals surface area contributed by atoms with Crippen LogP contribution in [0.2, 0.25) is 0 Å². The van der Waals surface area contributed by atoms with E-state index < -0.39 is 11.9 Å². The topological polar surface area (TPSA) is 55.7 Å². The molecule has 1 amide bonds. The molecule has 0 bridgehead atoms. The summed E-state index contributed by atoms with van der Waals surface area (Å²) in [4.78, 5) is 23.0. The molecule has 1 rings (SSSR count). The van der Waals surface area contributed by atoms with E-state index in [1.165, 1.54) is 12.1 Å². The fourth-order valence-corrected chi connectivity index (χ4v) is 1.19. The summed E-state index contributed by atoms with van der Waals surface area (Å²) in [6, 6.07) is 3.55. The number of hydrogen-bond donors (Lipinski definition) is 0. The standard InChI is InChI=1S/C8H3BrFNO3/c9-5-1-6(10)3-7(2-5)14-8(13)11-4-12/h1-3H. The number of nitrogens with zero attached hydrogens (tertiary/aromatic N) is 1. The third-order valence-electron chi connectivity index (χ3n) is 1.18. The Morgan fingerprint density at radius 3 is 2.79 bits per heavy atom. The van der Waals surface area contributed by atoms with Crippen molar-refractivity contribution in [2.45, 2.75) is 0 Å². The highest BCUT2D eigenvalue weighted by molar-refractivity contribution is 9.10. The Balaban J connectivity index is 2.86. The third-order valence-corrected chi connectivity index (χ3v) is 1.64. The van der Waals surface area contributed by atoms with Crippen molar-refractivity contribution in [3.8, 4) is 5.75 Å². The van der Waals surface area contributed by atoms with E-state index >= 15 is 0 Å². The first-order valence-electron chi connectivity index (χ1n) is 3.37. The van der Waals surface area contributed by atoms with E-state index in [1.807, 2.05) is 0 Å². The third kappa shape index (κ3) is 3.08. The van der Waals surface area contributed by atoms with Crippen molar-refractivity contribution in [3.05, 3.63) is 28.5 Å². The molecule has 0 saturated carbocycles. The van der Waals surface area contributed by atoms with Crippen molar-refractivity contribution in [1.29, 1.82) is 0 Å². The number of halogens is 2. The largest absolute Gasteiger partial charge is 0.450 e. The summed E-state index contributed by atoms with van der Waals surface area (Å²) in [5.41, 5.74) is 0. The summed E-state index contributed by atoms with van der Waals surface area (Å²) in [6.45, 7) is 0. The molecule has 0 spiro atoms. The molecule has 0 aliphatic carbocycles. The lowest BCUT2D eigenvalue weighted by atomic mass is 10.3. The minimum Gasteiger partial charge on any atom is -0.408 e. The van der Waals surface area contributed by atoms with Gasteiger partial charge in [0.2, 0.25) is 6.08 Å². The van der Waals surface area contributed by atoms with E-state index in [0.717, 1.165) is 12.1 Å². The zero-order valence-electron chi connectivity index (χ0n) is 6.66. The van der Waals surface area contributed by atoms with Crippen LogP contribution in [0.1, 0.15) is 0 Å². The molecular formula is C8H3BrFNO3. The number of benzene rings is 1. The van der Waals surface area contributed by atoms with Crippen molar-refractivity contribution in [3.63, 3.8) is 0 Å². The van der Waals surface area contributed by atoms with E-state index in [-0.39, 0.29) is 5.75 Å². The summed E-state index contributed by atoms with van der Waals surface area (Å²) in [5, 5.41) is 0. The highest BCUT2D eigenvalue weighted by Gasteiger charge is 2.04. The fraction of sp³-hybridized carbons (Fsp3) is 0. The molecule has 4 nitrogen and oxygen atoms in total. The van der Waals surface area contributed by atoms with Gasteiger partial charge in [0, 0.05) is 10.5 Å². The molecule has 0 aromatic heterocycles. The van der Waals surface area contributed by atoms with E-state index in [0.29, 0.717) is 4.47 Å². The minimum atomic E-state index is -1.14. The molecule has 14 heavy (non-hydrogen) atoms. The highest BCUT2D eigenvalue weighted by atomic mass is 79.9. The van der Waals surface area contributed by atoms with Crippen LogP contribution in [-0.4, -0.2) is 12.2 Å². The van der Waals surface area contributed by atoms with Gasteiger partial charge < -0.3 is 4.74 Å². The molecule has 0 atom stereocenters. The molecule has 0 saturated heterocycles. The van der Waals surface area contributed by atoms with Crippen LogP contribution >= 0.6 is 15.9 Å². The number of ether oxygens (including phenoxy) is 1. The second-order valence-electron chi connectivity index (χ2n) is 2.18. The molecule has 0 fully saturated rings. The molecule has 0 aliphatic heterocycles. The Morgan fingerprint density at radius 1 is 1.50 bits per heavy atom. The van der Waals surface area contributed by atoms with Gasteiger partial charge in [0.25, 0.3) is 0 Å². The predicted octanol–water partition coefficient (Wildman–Crippen LogP) is 2.42. The maximum absolute atomic E-state index is 12.7. The van der Waals surface area contributed by atoms with Gasteiger partial charge in [0.15, 0.2) is 0 Å². The second kappa shape index (κ2) is 4.64. The molecule has 0 radical (unpaired) electrons. The summed E-state index contributed by atoms with van der Waals surface area (Å²) in [5.74, 6) is -0.613. The fourth-order valence-electron chi connectivity index (χ4n) is 0.748. The number of carbonyl (C=O) groups excluding carboxylic acids is 2. The Labute approximate surface area is 86.5 Å². The van der Waals surface area contributed by atoms with Crippen LogP contribution in [-0.2, 0) is 4.79 Å². The van der Waals surface area contributed by atoms with Gasteiger partial charge in [-0.25, -0.2) is 14.0 Å². The minimum absolute atomic E-state index is 0.0409. The normalized spacial score (nSPS) is 9.00. The number of isocyanates is 1. The Morgan fingerprint density at radius 2 is 2.21 bits per heavy atom. The van der Waals surface area contributed by atoms with E-state index in [2.05, 4.69) is 25.7 Å². The van der Waals surface area contributed by atoms with Gasteiger partial charge in [0.05, 0.1) is 0 Å². The van der Waals surface area contributed by atoms with Gasteiger partial charge in [-0.15, -0.1) is 0 Å². The molecule has 0 N–H and O–H groups in total. The summed E-state index contributed by atoms with van der Waals surface area (Å²) in [7, 11) is 0. The van der Waals surface area contributed by atoms with Gasteiger partial charge >= 0.3 is 6.09 Å². The maximum Gasteiger partial charge on any atom is 0.450 e. The average molecular weight is 260 g/mol. The quantitative estimate of drug-likeness (QED) is 0.575. The maximum atomic E-state index is 12.7. The monoisotopic (exact) mass is 259 g/mol. The van der Waals surface area contributed by atoms with Crippen LogP contribution in [0.4, 0.5) is 9.18 Å². The van der Waals surface area contributed by atoms with Crippen LogP contribution in [0, 0.1) is 5.82 Å². The first kappa shape index (κ1) is 10.6. The smallest absolute Gasteiger partial charge is 0.408 e. The van der Waals surface area contributed by atoms with E-state index in [9.17, 15) is 14.0 Å². The Kier molecular flexibility index (Phi) is 3.50. The molecule has 0 unspecified atom stereocenters. The first-order chi connectivity index (χ1) is 6.61. The van der Waals surface area contributed by atoms with Gasteiger partial charge in [-0.2, -0.15) is 0 Å². The number of amides is 1. The van der Waals surface area contributed by atoms with Crippen molar-refractivity contribution >= 4 is 28.1 Å². The lowest BCUT2D eigenvalue weighted by Gasteiger charge is -2.00. The summed E-state index contributed by atoms with van der Waals surface area (Å²) in [6.07, 6.45) is -0.129. The SMILES string of the molecule is O=C=NC(=O)Oc1cc(F)cc(Br)c1. The molecule has 1 aromatic carbocycles. The van der Waals surface area contributed by atoms with Crippen LogP contribution in [0.15, 0.2) is 27.7 Å². The van der Waals surface area contributed by atoms with Crippen molar-refractivity contribution < 1.29 is 18.7 Å². The Hall–Kier alpha value is -1.52. The van der Waals surface area contributed by atoms with Crippen molar-refractivity contribution in [2.75, 3.05) is 0 Å². The molecule has 0 heterocycles. The van der Waals surface area contributed by atoms with Gasteiger partial charge in [-0.05, 0) is 12.1 Å². The van der Waals surface area contributed by atoms with Crippen molar-refractivity contribution in [2.24, 2.45) is 4.99 Å². The Bertz CT molecular complexity index is 395. The van der Waals surface area contributed by atoms with E-state index in [1.54, 1.807) is 0 Å². The zero-order chi connectivity index (χ0) is 10.6. The van der Waals surface area contributed by atoms with Gasteiger partial charge in [0.1, 0.15) is 11.6 Å². The van der Waals surface area contributed by atoms with Crippen LogP contribution in [0.5, 0.6) is 5.75 Å². The van der Waals surface area contributed by atoms with Crippen LogP contribution < -0.4 is 4.74 Å². The molecular weight excluding hydrogens is 257 g/mol. The summed E-state index contributed by atoms with van der Waals surface area (Å²) >= 11 is 3.00. The number of rotatable bonds is 1. The molecule has 6 heteroatoms. The van der Waals surface area contributed by atoms with Gasteiger partial charge in [-0.3, -0.25) is 0 Å². The number of aliphatic imine (C=N–C) groups is 1. The summed E-state index contributed by atoms with van der Waals surface area (Å²) < 4.78 is 17.6. The highest BCUT2D eigenvalue weighted by Crippen LogP contribution is 2.20. The van der Waals surface area contributed by atoms with Crippen molar-refractivity contribution in [1.82, 2.24) is 0 Å². The van der Waals surface area contributed by atoms with Crippen LogP contribution in [0.25, 0.3) is 0 Å². The first-order valence-corrected chi connectivity index (χ1v) is 4.17.